The van der Waals surface area contributed by atoms with Crippen LogP contribution in [-0.4, -0.2) is 30.0 Å². The molecule has 0 heterocycles. The number of unbranched alkanes of at least 4 members (excludes halogenated alkanes) is 1. The van der Waals surface area contributed by atoms with Crippen LogP contribution in [0.3, 0.4) is 0 Å². The third-order valence-corrected chi connectivity index (χ3v) is 4.00. The molecule has 0 aromatic heterocycles. The zero-order valence-electron chi connectivity index (χ0n) is 15.1. The molecule has 4 nitrogen and oxygen atoms in total. The highest BCUT2D eigenvalue weighted by Crippen LogP contribution is 2.31. The van der Waals surface area contributed by atoms with Gasteiger partial charge in [0.1, 0.15) is 5.60 Å². The molecule has 1 unspecified atom stereocenters. The average Bonchev–Trinajstić information content (AvgIpc) is 2.47. The highest BCUT2D eigenvalue weighted by atomic mass is 16.6. The van der Waals surface area contributed by atoms with Gasteiger partial charge in [-0.1, -0.05) is 44.0 Å². The topological polar surface area (TPSA) is 58.6 Å². The first-order valence-corrected chi connectivity index (χ1v) is 8.38. The van der Waals surface area contributed by atoms with Crippen molar-refractivity contribution < 1.29 is 14.6 Å². The second-order valence-corrected chi connectivity index (χ2v) is 7.21. The van der Waals surface area contributed by atoms with Gasteiger partial charge in [0.25, 0.3) is 0 Å². The molecule has 1 aromatic carbocycles. The zero-order valence-corrected chi connectivity index (χ0v) is 15.1. The first kappa shape index (κ1) is 19.5. The van der Waals surface area contributed by atoms with E-state index in [1.165, 1.54) is 0 Å². The van der Waals surface area contributed by atoms with Crippen LogP contribution in [0, 0.1) is 6.92 Å². The molecule has 1 aromatic rings. The van der Waals surface area contributed by atoms with Gasteiger partial charge in [-0.2, -0.15) is 0 Å². The minimum absolute atomic E-state index is 0.00630. The first-order chi connectivity index (χ1) is 10.7. The van der Waals surface area contributed by atoms with Crippen LogP contribution in [0.25, 0.3) is 0 Å². The predicted octanol–water partition coefficient (Wildman–Crippen LogP) is 3.94. The molecule has 0 saturated heterocycles. The molecule has 0 bridgehead atoms. The van der Waals surface area contributed by atoms with Crippen LogP contribution in [0.4, 0.5) is 4.79 Å². The fraction of sp³-hybridized carbons (Fsp3) is 0.632. The first-order valence-electron chi connectivity index (χ1n) is 8.38. The number of carbonyl (C=O) groups is 1. The van der Waals surface area contributed by atoms with Crippen LogP contribution in [0.1, 0.15) is 58.1 Å². The summed E-state index contributed by atoms with van der Waals surface area (Å²) in [5.74, 6) is 0. The number of nitrogens with one attached hydrogen (secondary N) is 1. The smallest absolute Gasteiger partial charge is 0.407 e. The van der Waals surface area contributed by atoms with E-state index in [0.29, 0.717) is 6.54 Å². The van der Waals surface area contributed by atoms with Crippen molar-refractivity contribution in [2.24, 2.45) is 0 Å². The van der Waals surface area contributed by atoms with Crippen LogP contribution >= 0.6 is 0 Å². The summed E-state index contributed by atoms with van der Waals surface area (Å²) in [7, 11) is 0. The molecule has 0 aliphatic rings. The summed E-state index contributed by atoms with van der Waals surface area (Å²) in [6, 6.07) is 8.05. The molecule has 0 aliphatic carbocycles. The second-order valence-electron chi connectivity index (χ2n) is 7.21. The van der Waals surface area contributed by atoms with Gasteiger partial charge in [0.15, 0.2) is 0 Å². The fourth-order valence-electron chi connectivity index (χ4n) is 2.78. The van der Waals surface area contributed by atoms with Gasteiger partial charge < -0.3 is 15.2 Å². The number of benzene rings is 1. The lowest BCUT2D eigenvalue weighted by atomic mass is 9.75. The largest absolute Gasteiger partial charge is 0.444 e. The summed E-state index contributed by atoms with van der Waals surface area (Å²) in [6.07, 6.45) is 2.41. The second kappa shape index (κ2) is 8.34. The van der Waals surface area contributed by atoms with Gasteiger partial charge in [-0.15, -0.1) is 0 Å². The van der Waals surface area contributed by atoms with E-state index in [4.69, 9.17) is 4.74 Å². The van der Waals surface area contributed by atoms with Gasteiger partial charge >= 0.3 is 6.09 Å². The summed E-state index contributed by atoms with van der Waals surface area (Å²) in [6.45, 7) is 10.0. The number of hydrogen-bond acceptors (Lipinski definition) is 3. The van der Waals surface area contributed by atoms with Gasteiger partial charge in [-0.05, 0) is 45.2 Å². The standard InChI is InChI=1S/C19H31NO3/c1-6-7-12-19(14-21,16-11-9-8-10-15(16)2)13-20-17(22)23-18(3,4)5/h8-11,21H,6-7,12-14H2,1-5H3,(H,20,22). The van der Waals surface area contributed by atoms with E-state index in [2.05, 4.69) is 12.2 Å². The van der Waals surface area contributed by atoms with Crippen molar-refractivity contribution in [1.29, 1.82) is 0 Å². The van der Waals surface area contributed by atoms with E-state index in [1.807, 2.05) is 52.0 Å². The zero-order chi connectivity index (χ0) is 17.5. The Labute approximate surface area is 140 Å². The number of rotatable bonds is 7. The maximum Gasteiger partial charge on any atom is 0.407 e. The van der Waals surface area contributed by atoms with E-state index in [-0.39, 0.29) is 6.61 Å². The normalized spacial score (nSPS) is 14.2. The molecule has 4 heteroatoms. The van der Waals surface area contributed by atoms with Crippen molar-refractivity contribution in [2.45, 2.75) is 64.9 Å². The van der Waals surface area contributed by atoms with E-state index < -0.39 is 17.1 Å². The van der Waals surface area contributed by atoms with Gasteiger partial charge in [-0.25, -0.2) is 4.79 Å². The molecular weight excluding hydrogens is 290 g/mol. The van der Waals surface area contributed by atoms with Crippen molar-refractivity contribution in [3.8, 4) is 0 Å². The molecule has 0 saturated carbocycles. The van der Waals surface area contributed by atoms with Crippen molar-refractivity contribution >= 4 is 6.09 Å². The summed E-state index contributed by atoms with van der Waals surface area (Å²) in [4.78, 5) is 12.0. The number of carbonyl (C=O) groups excluding carboxylic acids is 1. The van der Waals surface area contributed by atoms with Crippen LogP contribution in [0.5, 0.6) is 0 Å². The lowest BCUT2D eigenvalue weighted by Crippen LogP contribution is -2.45. The molecule has 2 N–H and O–H groups in total. The van der Waals surface area contributed by atoms with Gasteiger partial charge in [0.2, 0.25) is 0 Å². The third kappa shape index (κ3) is 5.87. The summed E-state index contributed by atoms with van der Waals surface area (Å²) >= 11 is 0. The maximum absolute atomic E-state index is 12.0. The number of aryl methyl sites for hydroxylation is 1. The van der Waals surface area contributed by atoms with E-state index >= 15 is 0 Å². The third-order valence-electron chi connectivity index (χ3n) is 4.00. The van der Waals surface area contributed by atoms with Crippen molar-refractivity contribution in [3.63, 3.8) is 0 Å². The number of amides is 1. The lowest BCUT2D eigenvalue weighted by Gasteiger charge is -2.34. The molecule has 0 radical (unpaired) electrons. The highest BCUT2D eigenvalue weighted by molar-refractivity contribution is 5.68. The Balaban J connectivity index is 2.96. The van der Waals surface area contributed by atoms with Crippen molar-refractivity contribution in [2.75, 3.05) is 13.2 Å². The molecule has 1 rings (SSSR count). The fourth-order valence-corrected chi connectivity index (χ4v) is 2.78. The lowest BCUT2D eigenvalue weighted by molar-refractivity contribution is 0.0499. The SMILES string of the molecule is CCCCC(CO)(CNC(=O)OC(C)(C)C)c1ccccc1C. The molecule has 0 fully saturated rings. The number of alkyl carbamates (subject to hydrolysis) is 1. The Morgan fingerprint density at radius 3 is 2.43 bits per heavy atom. The summed E-state index contributed by atoms with van der Waals surface area (Å²) in [5, 5.41) is 13.0. The molecular formula is C19H31NO3. The quantitative estimate of drug-likeness (QED) is 0.799. The van der Waals surface area contributed by atoms with E-state index in [9.17, 15) is 9.90 Å². The van der Waals surface area contributed by atoms with Crippen LogP contribution in [0.2, 0.25) is 0 Å². The Hall–Kier alpha value is -1.55. The predicted molar refractivity (Wildman–Crippen MR) is 93.7 cm³/mol. The Kier molecular flexibility index (Phi) is 7.07. The van der Waals surface area contributed by atoms with Gasteiger partial charge in [0, 0.05) is 12.0 Å². The van der Waals surface area contributed by atoms with E-state index in [0.717, 1.165) is 30.4 Å². The molecule has 1 atom stereocenters. The van der Waals surface area contributed by atoms with Crippen molar-refractivity contribution in [3.05, 3.63) is 35.4 Å². The number of aliphatic hydroxyl groups is 1. The average molecular weight is 321 g/mol. The van der Waals surface area contributed by atoms with Crippen molar-refractivity contribution in [1.82, 2.24) is 5.32 Å². The summed E-state index contributed by atoms with van der Waals surface area (Å²) < 4.78 is 5.32. The molecule has 1 amide bonds. The molecule has 0 aliphatic heterocycles. The number of aliphatic hydroxyl groups excluding tert-OH is 1. The van der Waals surface area contributed by atoms with Gasteiger partial charge in [0.05, 0.1) is 6.61 Å². The summed E-state index contributed by atoms with van der Waals surface area (Å²) in [5.41, 5.74) is 1.21. The Morgan fingerprint density at radius 2 is 1.91 bits per heavy atom. The van der Waals surface area contributed by atoms with Crippen LogP contribution < -0.4 is 5.32 Å². The molecule has 130 valence electrons. The Bertz CT molecular complexity index is 508. The highest BCUT2D eigenvalue weighted by Gasteiger charge is 2.33. The van der Waals surface area contributed by atoms with E-state index in [1.54, 1.807) is 0 Å². The Morgan fingerprint density at radius 1 is 1.26 bits per heavy atom. The van der Waals surface area contributed by atoms with Crippen LogP contribution in [0.15, 0.2) is 24.3 Å². The number of ether oxygens (including phenoxy) is 1. The van der Waals surface area contributed by atoms with Crippen LogP contribution in [-0.2, 0) is 10.2 Å². The minimum atomic E-state index is -0.530. The molecule has 0 spiro atoms. The maximum atomic E-state index is 12.0. The molecule has 23 heavy (non-hydrogen) atoms. The monoisotopic (exact) mass is 321 g/mol. The van der Waals surface area contributed by atoms with Gasteiger partial charge in [-0.3, -0.25) is 0 Å². The number of hydrogen-bond donors (Lipinski definition) is 2. The minimum Gasteiger partial charge on any atom is -0.444 e.